The van der Waals surface area contributed by atoms with E-state index in [2.05, 4.69) is 15.5 Å². The number of hydrogen-bond donors (Lipinski definition) is 3. The van der Waals surface area contributed by atoms with Gasteiger partial charge in [0.2, 0.25) is 5.91 Å². The lowest BCUT2D eigenvalue weighted by Gasteiger charge is -2.26. The number of benzene rings is 1. The molecule has 1 aromatic rings. The van der Waals surface area contributed by atoms with Crippen molar-refractivity contribution in [2.45, 2.75) is 38.3 Å². The highest BCUT2D eigenvalue weighted by atomic mass is 16.5. The maximum Gasteiger partial charge on any atom is 0.251 e. The largest absolute Gasteiger partial charge is 0.381 e. The third kappa shape index (κ3) is 6.02. The first-order valence-corrected chi connectivity index (χ1v) is 10.3. The van der Waals surface area contributed by atoms with Gasteiger partial charge in [-0.3, -0.25) is 9.59 Å². The van der Waals surface area contributed by atoms with E-state index in [0.717, 1.165) is 38.0 Å². The highest BCUT2D eigenvalue weighted by molar-refractivity contribution is 5.94. The molecule has 0 aromatic heterocycles. The third-order valence-corrected chi connectivity index (χ3v) is 5.67. The number of rotatable bonds is 8. The monoisotopic (exact) mass is 388 g/mol. The molecule has 2 fully saturated rings. The van der Waals surface area contributed by atoms with E-state index in [1.54, 1.807) is 12.1 Å². The Bertz CT molecular complexity index is 638. The fourth-order valence-corrected chi connectivity index (χ4v) is 3.81. The summed E-state index contributed by atoms with van der Waals surface area (Å²) in [4.78, 5) is 26.9. The molecule has 2 aliphatic rings. The fraction of sp³-hybridized carbons (Fsp3) is 0.619. The van der Waals surface area contributed by atoms with E-state index in [1.807, 2.05) is 12.1 Å². The number of hydrogen-bond acceptors (Lipinski definition) is 5. The van der Waals surface area contributed by atoms with Crippen LogP contribution in [0.3, 0.4) is 0 Å². The molecule has 0 saturated carbocycles. The van der Waals surface area contributed by atoms with Crippen molar-refractivity contribution in [3.8, 4) is 0 Å². The van der Waals surface area contributed by atoms with Crippen molar-refractivity contribution in [1.29, 1.82) is 0 Å². The van der Waals surface area contributed by atoms with Crippen LogP contribution in [0.15, 0.2) is 24.3 Å². The van der Waals surface area contributed by atoms with Gasteiger partial charge < -0.3 is 26.0 Å². The van der Waals surface area contributed by atoms with Crippen LogP contribution in [0.25, 0.3) is 0 Å². The number of likely N-dealkylation sites (tertiary alicyclic amines) is 1. The van der Waals surface area contributed by atoms with Gasteiger partial charge in [0, 0.05) is 38.4 Å². The lowest BCUT2D eigenvalue weighted by Crippen LogP contribution is -2.46. The van der Waals surface area contributed by atoms with Crippen molar-refractivity contribution in [3.63, 3.8) is 0 Å². The van der Waals surface area contributed by atoms with Gasteiger partial charge in [-0.15, -0.1) is 0 Å². The van der Waals surface area contributed by atoms with E-state index in [-0.39, 0.29) is 17.7 Å². The third-order valence-electron chi connectivity index (χ3n) is 5.67. The topological polar surface area (TPSA) is 96.7 Å². The number of nitrogens with two attached hydrogens (primary N) is 1. The smallest absolute Gasteiger partial charge is 0.251 e. The first kappa shape index (κ1) is 20.8. The molecule has 0 bridgehead atoms. The lowest BCUT2D eigenvalue weighted by atomic mass is 9.92. The van der Waals surface area contributed by atoms with E-state index in [0.29, 0.717) is 31.9 Å². The summed E-state index contributed by atoms with van der Waals surface area (Å²) in [6.45, 7) is 5.60. The van der Waals surface area contributed by atoms with Gasteiger partial charge in [0.1, 0.15) is 0 Å². The van der Waals surface area contributed by atoms with Crippen LogP contribution in [0.1, 0.15) is 41.6 Å². The lowest BCUT2D eigenvalue weighted by molar-refractivity contribution is -0.124. The second kappa shape index (κ2) is 10.5. The van der Waals surface area contributed by atoms with Crippen molar-refractivity contribution in [3.05, 3.63) is 35.4 Å². The Hall–Kier alpha value is -1.96. The Morgan fingerprint density at radius 2 is 1.79 bits per heavy atom. The van der Waals surface area contributed by atoms with Crippen LogP contribution in [-0.2, 0) is 16.1 Å². The maximum atomic E-state index is 12.3. The molecule has 2 amide bonds. The highest BCUT2D eigenvalue weighted by Crippen LogP contribution is 2.17. The molecule has 0 aliphatic carbocycles. The normalized spacial score (nSPS) is 19.3. The summed E-state index contributed by atoms with van der Waals surface area (Å²) in [7, 11) is 0. The predicted molar refractivity (Wildman–Crippen MR) is 108 cm³/mol. The number of ether oxygens (including phenoxy) is 1. The van der Waals surface area contributed by atoms with E-state index < -0.39 is 6.04 Å². The molecule has 1 atom stereocenters. The average molecular weight is 389 g/mol. The number of amides is 2. The minimum absolute atomic E-state index is 0.0590. The first-order valence-electron chi connectivity index (χ1n) is 10.3. The van der Waals surface area contributed by atoms with E-state index in [4.69, 9.17) is 10.5 Å². The van der Waals surface area contributed by atoms with Crippen molar-refractivity contribution >= 4 is 11.8 Å². The van der Waals surface area contributed by atoms with Crippen molar-refractivity contribution in [1.82, 2.24) is 15.5 Å². The molecule has 2 aliphatic heterocycles. The Kier molecular flexibility index (Phi) is 7.82. The summed E-state index contributed by atoms with van der Waals surface area (Å²) in [5.41, 5.74) is 7.67. The quantitative estimate of drug-likeness (QED) is 0.614. The van der Waals surface area contributed by atoms with Gasteiger partial charge in [-0.05, 0) is 62.4 Å². The maximum absolute atomic E-state index is 12.3. The van der Waals surface area contributed by atoms with Crippen LogP contribution in [-0.4, -0.2) is 62.1 Å². The van der Waals surface area contributed by atoms with Crippen molar-refractivity contribution in [2.75, 3.05) is 39.4 Å². The average Bonchev–Trinajstić information content (AvgIpc) is 3.26. The standard InChI is InChI=1S/C21H32N4O3/c22-19(17-7-13-28-14-8-17)21(27)24-15-16-3-5-18(6-4-16)20(26)23-9-12-25-10-1-2-11-25/h3-6,17,19H,1-2,7-15,22H2,(H,23,26)(H,24,27). The summed E-state index contributed by atoms with van der Waals surface area (Å²) < 4.78 is 5.32. The van der Waals surface area contributed by atoms with Gasteiger partial charge in [0.15, 0.2) is 0 Å². The zero-order valence-electron chi connectivity index (χ0n) is 16.5. The second-order valence-electron chi connectivity index (χ2n) is 7.69. The fourth-order valence-electron chi connectivity index (χ4n) is 3.81. The van der Waals surface area contributed by atoms with Gasteiger partial charge in [0.05, 0.1) is 6.04 Å². The number of carbonyl (C=O) groups excluding carboxylic acids is 2. The predicted octanol–water partition coefficient (Wildman–Crippen LogP) is 0.882. The molecule has 1 unspecified atom stereocenters. The molecule has 2 saturated heterocycles. The van der Waals surface area contributed by atoms with Crippen LogP contribution in [0.2, 0.25) is 0 Å². The Balaban J connectivity index is 1.39. The minimum atomic E-state index is -0.496. The van der Waals surface area contributed by atoms with Crippen LogP contribution in [0.5, 0.6) is 0 Å². The van der Waals surface area contributed by atoms with Crippen LogP contribution < -0.4 is 16.4 Å². The van der Waals surface area contributed by atoms with Gasteiger partial charge in [0.25, 0.3) is 5.91 Å². The molecule has 154 valence electrons. The van der Waals surface area contributed by atoms with Gasteiger partial charge >= 0.3 is 0 Å². The molecule has 1 aromatic carbocycles. The summed E-state index contributed by atoms with van der Waals surface area (Å²) in [5, 5.41) is 5.87. The summed E-state index contributed by atoms with van der Waals surface area (Å²) in [6.07, 6.45) is 4.17. The number of nitrogens with zero attached hydrogens (tertiary/aromatic N) is 1. The Morgan fingerprint density at radius 3 is 2.46 bits per heavy atom. The second-order valence-corrected chi connectivity index (χ2v) is 7.69. The van der Waals surface area contributed by atoms with Gasteiger partial charge in [-0.25, -0.2) is 0 Å². The Labute approximate surface area is 167 Å². The highest BCUT2D eigenvalue weighted by Gasteiger charge is 2.26. The summed E-state index contributed by atoms with van der Waals surface area (Å²) in [6, 6.07) is 6.84. The van der Waals surface area contributed by atoms with Crippen LogP contribution in [0.4, 0.5) is 0 Å². The Morgan fingerprint density at radius 1 is 1.11 bits per heavy atom. The number of carbonyl (C=O) groups is 2. The van der Waals surface area contributed by atoms with Crippen molar-refractivity contribution in [2.24, 2.45) is 11.7 Å². The van der Waals surface area contributed by atoms with E-state index in [1.165, 1.54) is 12.8 Å². The molecule has 7 nitrogen and oxygen atoms in total. The first-order chi connectivity index (χ1) is 13.6. The van der Waals surface area contributed by atoms with Gasteiger partial charge in [-0.2, -0.15) is 0 Å². The van der Waals surface area contributed by atoms with E-state index >= 15 is 0 Å². The summed E-state index contributed by atoms with van der Waals surface area (Å²) >= 11 is 0. The summed E-state index contributed by atoms with van der Waals surface area (Å²) in [5.74, 6) is -0.00710. The van der Waals surface area contributed by atoms with Crippen molar-refractivity contribution < 1.29 is 14.3 Å². The minimum Gasteiger partial charge on any atom is -0.381 e. The van der Waals surface area contributed by atoms with Crippen LogP contribution >= 0.6 is 0 Å². The van der Waals surface area contributed by atoms with E-state index in [9.17, 15) is 9.59 Å². The number of nitrogens with one attached hydrogen (secondary N) is 2. The SMILES string of the molecule is NC(C(=O)NCc1ccc(C(=O)NCCN2CCCC2)cc1)C1CCOCC1. The zero-order valence-corrected chi connectivity index (χ0v) is 16.5. The molecule has 0 spiro atoms. The molecular formula is C21H32N4O3. The van der Waals surface area contributed by atoms with Gasteiger partial charge in [-0.1, -0.05) is 12.1 Å². The molecule has 7 heteroatoms. The zero-order chi connectivity index (χ0) is 19.8. The molecule has 3 rings (SSSR count). The molecule has 0 radical (unpaired) electrons. The molecule has 28 heavy (non-hydrogen) atoms. The molecule has 2 heterocycles. The molecular weight excluding hydrogens is 356 g/mol. The molecule has 4 N–H and O–H groups in total. The van der Waals surface area contributed by atoms with Crippen LogP contribution in [0, 0.1) is 5.92 Å².